The molecule has 1 N–H and O–H groups in total. The van der Waals surface area contributed by atoms with Gasteiger partial charge < -0.3 is 19.5 Å². The van der Waals surface area contributed by atoms with Crippen molar-refractivity contribution in [2.24, 2.45) is 10.9 Å². The number of anilines is 1. The monoisotopic (exact) mass is 426 g/mol. The van der Waals surface area contributed by atoms with Gasteiger partial charge in [0, 0.05) is 23.7 Å². The fourth-order valence-electron chi connectivity index (χ4n) is 3.58. The van der Waals surface area contributed by atoms with Gasteiger partial charge in [-0.25, -0.2) is 0 Å². The van der Waals surface area contributed by atoms with E-state index in [0.29, 0.717) is 36.0 Å². The average molecular weight is 427 g/mol. The Morgan fingerprint density at radius 1 is 1.10 bits per heavy atom. The molecule has 1 saturated heterocycles. The third-order valence-corrected chi connectivity index (χ3v) is 5.19. The number of halogens is 4. The minimum absolute atomic E-state index is 0.0708. The van der Waals surface area contributed by atoms with E-state index in [1.807, 2.05) is 17.0 Å². The number of hydrogen-bond donors (Lipinski definition) is 1. The molecule has 0 spiro atoms. The van der Waals surface area contributed by atoms with Crippen molar-refractivity contribution in [2.75, 3.05) is 18.0 Å². The number of aliphatic imine (C=N–C) groups is 1. The van der Waals surface area contributed by atoms with Gasteiger partial charge in [0.2, 0.25) is 0 Å². The minimum atomic E-state index is -4.72. The lowest BCUT2D eigenvalue weighted by Crippen LogP contribution is -2.29. The second-order valence-corrected chi connectivity index (χ2v) is 7.38. The molecule has 0 radical (unpaired) electrons. The van der Waals surface area contributed by atoms with E-state index in [1.54, 1.807) is 12.1 Å². The van der Waals surface area contributed by atoms with Crippen molar-refractivity contribution in [3.05, 3.63) is 59.1 Å². The molecule has 1 fully saturated rings. The molecule has 0 amide bonds. The molecule has 0 aromatic heterocycles. The van der Waals surface area contributed by atoms with Gasteiger partial charge in [-0.15, -0.1) is 13.2 Å². The highest BCUT2D eigenvalue weighted by atomic mass is 35.5. The molecule has 9 heteroatoms. The fraction of sp³-hybridized carbons (Fsp3) is 0.350. The normalized spacial score (nSPS) is 24.4. The summed E-state index contributed by atoms with van der Waals surface area (Å²) in [5.74, 6) is 0.206. The van der Waals surface area contributed by atoms with E-state index in [2.05, 4.69) is 9.73 Å². The Labute approximate surface area is 170 Å². The van der Waals surface area contributed by atoms with Crippen molar-refractivity contribution in [1.82, 2.24) is 0 Å². The van der Waals surface area contributed by atoms with Crippen LogP contribution in [0.3, 0.4) is 0 Å². The van der Waals surface area contributed by atoms with E-state index < -0.39 is 12.6 Å². The molecule has 2 aliphatic heterocycles. The van der Waals surface area contributed by atoms with Crippen LogP contribution in [-0.4, -0.2) is 36.7 Å². The minimum Gasteiger partial charge on any atom is -0.471 e. The van der Waals surface area contributed by atoms with Gasteiger partial charge in [-0.3, -0.25) is 4.99 Å². The molecule has 2 aliphatic rings. The zero-order valence-electron chi connectivity index (χ0n) is 15.1. The summed E-state index contributed by atoms with van der Waals surface area (Å²) in [5, 5.41) is 11.0. The second kappa shape index (κ2) is 7.76. The largest absolute Gasteiger partial charge is 0.573 e. The molecule has 4 rings (SSSR count). The summed E-state index contributed by atoms with van der Waals surface area (Å²) in [6.45, 7) is 0.926. The zero-order valence-corrected chi connectivity index (χ0v) is 15.9. The number of aliphatic hydroxyl groups excluding tert-OH is 1. The quantitative estimate of drug-likeness (QED) is 0.779. The zero-order chi connectivity index (χ0) is 20.6. The average Bonchev–Trinajstić information content (AvgIpc) is 3.29. The van der Waals surface area contributed by atoms with Crippen LogP contribution >= 0.6 is 11.6 Å². The van der Waals surface area contributed by atoms with Gasteiger partial charge >= 0.3 is 6.36 Å². The summed E-state index contributed by atoms with van der Waals surface area (Å²) in [4.78, 5) is 6.32. The summed E-state index contributed by atoms with van der Waals surface area (Å²) in [6, 6.07) is 12.8. The summed E-state index contributed by atoms with van der Waals surface area (Å²) in [6.07, 6.45) is -5.27. The highest BCUT2D eigenvalue weighted by Crippen LogP contribution is 2.34. The molecule has 2 aromatic carbocycles. The van der Waals surface area contributed by atoms with Crippen LogP contribution in [0.5, 0.6) is 5.75 Å². The first-order valence-corrected chi connectivity index (χ1v) is 9.43. The van der Waals surface area contributed by atoms with E-state index >= 15 is 0 Å². The Morgan fingerprint density at radius 3 is 2.45 bits per heavy atom. The molecule has 3 atom stereocenters. The number of ether oxygens (including phenoxy) is 2. The Kier molecular flexibility index (Phi) is 5.31. The number of hydrogen-bond acceptors (Lipinski definition) is 5. The maximum atomic E-state index is 12.3. The second-order valence-electron chi connectivity index (χ2n) is 6.94. The summed E-state index contributed by atoms with van der Waals surface area (Å²) >= 11 is 5.92. The van der Waals surface area contributed by atoms with Gasteiger partial charge in [-0.2, -0.15) is 0 Å². The molecule has 154 valence electrons. The molecule has 0 saturated carbocycles. The first kappa shape index (κ1) is 19.8. The van der Waals surface area contributed by atoms with E-state index in [1.165, 1.54) is 24.3 Å². The molecule has 2 heterocycles. The summed E-state index contributed by atoms with van der Waals surface area (Å²) in [5.41, 5.74) is 1.58. The van der Waals surface area contributed by atoms with Crippen LogP contribution in [0, 0.1) is 5.92 Å². The van der Waals surface area contributed by atoms with E-state index in [0.717, 1.165) is 5.69 Å². The van der Waals surface area contributed by atoms with Crippen LogP contribution < -0.4 is 9.64 Å². The predicted molar refractivity (Wildman–Crippen MR) is 102 cm³/mol. The highest BCUT2D eigenvalue weighted by molar-refractivity contribution is 6.30. The SMILES string of the molecule is OC1CC(C2=NCC(c3ccc(OC(F)(F)F)cc3)O2)CN1c1ccc(Cl)cc1. The van der Waals surface area contributed by atoms with Crippen LogP contribution in [0.4, 0.5) is 18.9 Å². The van der Waals surface area contributed by atoms with Crippen molar-refractivity contribution in [2.45, 2.75) is 25.1 Å². The Morgan fingerprint density at radius 2 is 1.79 bits per heavy atom. The number of rotatable bonds is 4. The van der Waals surface area contributed by atoms with E-state index in [4.69, 9.17) is 16.3 Å². The fourth-order valence-corrected chi connectivity index (χ4v) is 3.71. The maximum absolute atomic E-state index is 12.3. The van der Waals surface area contributed by atoms with Crippen molar-refractivity contribution in [3.63, 3.8) is 0 Å². The summed E-state index contributed by atoms with van der Waals surface area (Å²) < 4.78 is 46.7. The van der Waals surface area contributed by atoms with Crippen LogP contribution in [0.1, 0.15) is 18.1 Å². The van der Waals surface area contributed by atoms with Gasteiger partial charge in [-0.05, 0) is 42.0 Å². The molecular weight excluding hydrogens is 409 g/mol. The highest BCUT2D eigenvalue weighted by Gasteiger charge is 2.38. The van der Waals surface area contributed by atoms with Gasteiger partial charge in [0.15, 0.2) is 5.90 Å². The number of aliphatic hydroxyl groups is 1. The lowest BCUT2D eigenvalue weighted by molar-refractivity contribution is -0.274. The third-order valence-electron chi connectivity index (χ3n) is 4.94. The smallest absolute Gasteiger partial charge is 0.471 e. The van der Waals surface area contributed by atoms with Crippen LogP contribution in [-0.2, 0) is 4.74 Å². The van der Waals surface area contributed by atoms with Crippen molar-refractivity contribution in [3.8, 4) is 5.75 Å². The molecule has 29 heavy (non-hydrogen) atoms. The van der Waals surface area contributed by atoms with Crippen molar-refractivity contribution >= 4 is 23.2 Å². The molecule has 0 aliphatic carbocycles. The topological polar surface area (TPSA) is 54.3 Å². The van der Waals surface area contributed by atoms with Crippen molar-refractivity contribution in [1.29, 1.82) is 0 Å². The number of alkyl halides is 3. The lowest BCUT2D eigenvalue weighted by atomic mass is 10.1. The number of nitrogens with zero attached hydrogens (tertiary/aromatic N) is 2. The molecule has 0 bridgehead atoms. The maximum Gasteiger partial charge on any atom is 0.573 e. The van der Waals surface area contributed by atoms with Gasteiger partial charge in [-0.1, -0.05) is 23.7 Å². The Bertz CT molecular complexity index is 887. The van der Waals surface area contributed by atoms with Crippen molar-refractivity contribution < 1.29 is 27.8 Å². The molecule has 5 nitrogen and oxygen atoms in total. The van der Waals surface area contributed by atoms with Crippen LogP contribution in [0.15, 0.2) is 53.5 Å². The molecule has 3 unspecified atom stereocenters. The first-order valence-electron chi connectivity index (χ1n) is 9.05. The van der Waals surface area contributed by atoms with E-state index in [9.17, 15) is 18.3 Å². The van der Waals surface area contributed by atoms with Gasteiger partial charge in [0.25, 0.3) is 0 Å². The van der Waals surface area contributed by atoms with Gasteiger partial charge in [0.05, 0.1) is 12.5 Å². The third kappa shape index (κ3) is 4.59. The Hall–Kier alpha value is -2.45. The number of benzene rings is 2. The lowest BCUT2D eigenvalue weighted by Gasteiger charge is -2.22. The van der Waals surface area contributed by atoms with Crippen LogP contribution in [0.2, 0.25) is 5.02 Å². The standard InChI is InChI=1S/C20H18ClF3N2O3/c21-14-3-5-15(6-4-14)26-11-13(9-18(26)27)19-25-10-17(28-19)12-1-7-16(8-2-12)29-20(22,23)24/h1-8,13,17-18,27H,9-11H2. The van der Waals surface area contributed by atoms with Gasteiger partial charge in [0.1, 0.15) is 18.1 Å². The first-order chi connectivity index (χ1) is 13.8. The predicted octanol–water partition coefficient (Wildman–Crippen LogP) is 4.55. The molecular formula is C20H18ClF3N2O3. The van der Waals surface area contributed by atoms with Crippen LogP contribution in [0.25, 0.3) is 0 Å². The van der Waals surface area contributed by atoms with E-state index in [-0.39, 0.29) is 17.8 Å². The summed E-state index contributed by atoms with van der Waals surface area (Å²) in [7, 11) is 0. The molecule has 2 aromatic rings. The Balaban J connectivity index is 1.38.